The largest absolute Gasteiger partial charge is 0.135 e. The van der Waals surface area contributed by atoms with Crippen LogP contribution in [0.3, 0.4) is 0 Å². The first-order valence-corrected chi connectivity index (χ1v) is 20.5. The van der Waals surface area contributed by atoms with Crippen molar-refractivity contribution in [3.05, 3.63) is 178 Å². The average Bonchev–Trinajstić information content (AvgIpc) is 3.71. The van der Waals surface area contributed by atoms with Crippen LogP contribution in [0.1, 0.15) is 11.1 Å². The number of rotatable bonds is 6. The highest BCUT2D eigenvalue weighted by molar-refractivity contribution is 9.11. The third-order valence-corrected chi connectivity index (χ3v) is 14.2. The first kappa shape index (κ1) is 33.3. The Hall–Kier alpha value is -4.58. The quantitative estimate of drug-likeness (QED) is 0.157. The maximum atomic E-state index is 4.01. The summed E-state index contributed by atoms with van der Waals surface area (Å²) >= 11 is 11.7. The van der Waals surface area contributed by atoms with Gasteiger partial charge < -0.3 is 0 Å². The van der Waals surface area contributed by atoms with Crippen molar-refractivity contribution in [1.29, 1.82) is 0 Å². The topological polar surface area (TPSA) is 0 Å². The molecule has 0 nitrogen and oxygen atoms in total. The van der Waals surface area contributed by atoms with Crippen LogP contribution < -0.4 is 0 Å². The van der Waals surface area contributed by atoms with Crippen LogP contribution in [0.5, 0.6) is 0 Å². The van der Waals surface area contributed by atoms with Crippen molar-refractivity contribution in [3.63, 3.8) is 0 Å². The summed E-state index contributed by atoms with van der Waals surface area (Å²) < 4.78 is 4.84. The van der Waals surface area contributed by atoms with Gasteiger partial charge in [0.1, 0.15) is 0 Å². The number of benzene rings is 7. The van der Waals surface area contributed by atoms with E-state index in [1.54, 1.807) is 0 Å². The molecule has 0 aliphatic rings. The zero-order chi connectivity index (χ0) is 35.3. The summed E-state index contributed by atoms with van der Waals surface area (Å²) in [6.45, 7) is 4.51. The summed E-state index contributed by atoms with van der Waals surface area (Å²) in [5, 5.41) is 2.56. The summed E-state index contributed by atoms with van der Waals surface area (Å²) in [7, 11) is 0. The van der Waals surface area contributed by atoms with E-state index in [2.05, 4.69) is 203 Å². The van der Waals surface area contributed by atoms with Gasteiger partial charge in [-0.3, -0.25) is 0 Å². The third kappa shape index (κ3) is 6.08. The van der Waals surface area contributed by atoms with Crippen molar-refractivity contribution in [3.8, 4) is 65.4 Å². The second-order valence-corrected chi connectivity index (χ2v) is 17.0. The van der Waals surface area contributed by atoms with Crippen molar-refractivity contribution < 1.29 is 0 Å². The van der Waals surface area contributed by atoms with Gasteiger partial charge >= 0.3 is 0 Å². The maximum Gasteiger partial charge on any atom is 0.0509 e. The Labute approximate surface area is 329 Å². The molecule has 0 unspecified atom stereocenters. The minimum atomic E-state index is 1.10. The summed E-state index contributed by atoms with van der Waals surface area (Å²) in [4.78, 5) is 2.57. The van der Waals surface area contributed by atoms with Gasteiger partial charge in [0.25, 0.3) is 0 Å². The van der Waals surface area contributed by atoms with Crippen LogP contribution in [0.15, 0.2) is 167 Å². The Morgan fingerprint density at radius 3 is 1.35 bits per heavy atom. The zero-order valence-electron chi connectivity index (χ0n) is 28.6. The molecule has 0 N–H and O–H groups in total. The number of hydrogen-bond acceptors (Lipinski definition) is 2. The molecular formula is C48H32Br2S2. The molecule has 4 heteroatoms. The molecule has 0 aliphatic heterocycles. The fourth-order valence-electron chi connectivity index (χ4n) is 7.15. The molecule has 0 amide bonds. The predicted octanol–water partition coefficient (Wildman–Crippen LogP) is 16.3. The van der Waals surface area contributed by atoms with E-state index in [-0.39, 0.29) is 0 Å². The van der Waals surface area contributed by atoms with Gasteiger partial charge in [-0.25, -0.2) is 0 Å². The summed E-state index contributed by atoms with van der Waals surface area (Å²) in [6, 6.07) is 57.3. The second kappa shape index (κ2) is 13.8. The Morgan fingerprint density at radius 1 is 0.385 bits per heavy atom. The molecule has 0 radical (unpaired) electrons. The molecule has 2 aromatic heterocycles. The number of fused-ring (bicyclic) bond motifs is 2. The highest BCUT2D eigenvalue weighted by Crippen LogP contribution is 2.48. The highest BCUT2D eigenvalue weighted by Gasteiger charge is 2.19. The van der Waals surface area contributed by atoms with Gasteiger partial charge in [0.05, 0.1) is 4.88 Å². The van der Waals surface area contributed by atoms with E-state index in [0.717, 1.165) is 8.95 Å². The Balaban J connectivity index is 1.02. The average molecular weight is 833 g/mol. The lowest BCUT2D eigenvalue weighted by Gasteiger charge is -2.11. The Bertz CT molecular complexity index is 2550. The first-order valence-electron chi connectivity index (χ1n) is 17.3. The molecule has 250 valence electrons. The van der Waals surface area contributed by atoms with Crippen molar-refractivity contribution in [2.45, 2.75) is 13.8 Å². The van der Waals surface area contributed by atoms with E-state index in [1.807, 2.05) is 22.7 Å². The van der Waals surface area contributed by atoms with Crippen LogP contribution in [0.2, 0.25) is 0 Å². The monoisotopic (exact) mass is 830 g/mol. The van der Waals surface area contributed by atoms with E-state index in [9.17, 15) is 0 Å². The van der Waals surface area contributed by atoms with Gasteiger partial charge in [-0.15, -0.1) is 22.7 Å². The highest BCUT2D eigenvalue weighted by atomic mass is 79.9. The van der Waals surface area contributed by atoms with Crippen LogP contribution in [-0.4, -0.2) is 0 Å². The molecule has 9 rings (SSSR count). The molecule has 0 atom stereocenters. The minimum absolute atomic E-state index is 1.10. The zero-order valence-corrected chi connectivity index (χ0v) is 33.4. The summed E-state index contributed by atoms with van der Waals surface area (Å²) in [6.07, 6.45) is 0. The Kier molecular flexibility index (Phi) is 8.80. The van der Waals surface area contributed by atoms with Crippen LogP contribution in [0.4, 0.5) is 0 Å². The van der Waals surface area contributed by atoms with Crippen LogP contribution in [0, 0.1) is 13.8 Å². The number of hydrogen-bond donors (Lipinski definition) is 0. The second-order valence-electron chi connectivity index (χ2n) is 13.3. The normalized spacial score (nSPS) is 11.5. The fraction of sp³-hybridized carbons (Fsp3) is 0.0417. The molecule has 0 saturated carbocycles. The van der Waals surface area contributed by atoms with Crippen LogP contribution in [0.25, 0.3) is 85.6 Å². The number of halogens is 2. The van der Waals surface area contributed by atoms with Gasteiger partial charge in [0, 0.05) is 34.2 Å². The van der Waals surface area contributed by atoms with Crippen molar-refractivity contribution >= 4 is 74.7 Å². The van der Waals surface area contributed by atoms with Gasteiger partial charge in [-0.2, -0.15) is 0 Å². The van der Waals surface area contributed by atoms with Crippen molar-refractivity contribution in [2.24, 2.45) is 0 Å². The molecule has 2 heterocycles. The van der Waals surface area contributed by atoms with E-state index in [1.165, 1.54) is 96.7 Å². The third-order valence-electron chi connectivity index (χ3n) is 10.0. The van der Waals surface area contributed by atoms with Crippen molar-refractivity contribution in [1.82, 2.24) is 0 Å². The van der Waals surface area contributed by atoms with E-state index in [4.69, 9.17) is 0 Å². The molecule has 0 aliphatic carbocycles. The minimum Gasteiger partial charge on any atom is -0.135 e. The lowest BCUT2D eigenvalue weighted by atomic mass is 9.98. The van der Waals surface area contributed by atoms with Gasteiger partial charge in [0.2, 0.25) is 0 Å². The molecule has 0 spiro atoms. The van der Waals surface area contributed by atoms with E-state index < -0.39 is 0 Å². The maximum absolute atomic E-state index is 4.01. The van der Waals surface area contributed by atoms with Crippen LogP contribution in [-0.2, 0) is 0 Å². The molecule has 0 saturated heterocycles. The molecule has 9 aromatic rings. The Morgan fingerprint density at radius 2 is 0.808 bits per heavy atom. The molecule has 0 bridgehead atoms. The predicted molar refractivity (Wildman–Crippen MR) is 235 cm³/mol. The van der Waals surface area contributed by atoms with E-state index >= 15 is 0 Å². The molecule has 7 aromatic carbocycles. The summed E-state index contributed by atoms with van der Waals surface area (Å²) in [5.74, 6) is 0. The molecular weight excluding hydrogens is 800 g/mol. The van der Waals surface area contributed by atoms with E-state index in [0.29, 0.717) is 0 Å². The smallest absolute Gasteiger partial charge is 0.0509 e. The fourth-order valence-corrected chi connectivity index (χ4v) is 11.3. The van der Waals surface area contributed by atoms with Gasteiger partial charge in [-0.05, 0) is 121 Å². The van der Waals surface area contributed by atoms with Gasteiger partial charge in [-0.1, -0.05) is 149 Å². The lowest BCUT2D eigenvalue weighted by Crippen LogP contribution is -1.87. The van der Waals surface area contributed by atoms with Crippen LogP contribution >= 0.6 is 54.5 Å². The molecule has 52 heavy (non-hydrogen) atoms. The SMILES string of the molecule is Cc1cc(-c2sc3cc(-c4ccc(-c5ccccc5)cc4)ccc3c2Br)c(Br)cc1-c1sc2cc(-c3ccc(-c4ccccc4)cc3)ccc2c1C. The summed E-state index contributed by atoms with van der Waals surface area (Å²) in [5.41, 5.74) is 15.0. The van der Waals surface area contributed by atoms with Crippen molar-refractivity contribution in [2.75, 3.05) is 0 Å². The first-order chi connectivity index (χ1) is 25.4. The number of aryl methyl sites for hydroxylation is 2. The molecule has 0 fully saturated rings. The van der Waals surface area contributed by atoms with Gasteiger partial charge in [0.15, 0.2) is 0 Å². The lowest BCUT2D eigenvalue weighted by molar-refractivity contribution is 1.44. The standard InChI is InChI=1S/C48H32Br2S2/c1-29-25-42(48-46(50)40-24-22-38(27-45(40)52-48)36-19-15-34(16-20-36)32-11-7-4-8-12-32)43(49)28-41(29)47-30(2)39-23-21-37(26-44(39)51-47)35-17-13-33(14-18-35)31-9-5-3-6-10-31/h3-28H,1-2H3. The number of thiophene rings is 2.